The Labute approximate surface area is 144 Å². The van der Waals surface area contributed by atoms with Crippen LogP contribution in [0.5, 0.6) is 11.5 Å². The van der Waals surface area contributed by atoms with Crippen LogP contribution in [0.4, 0.5) is 10.1 Å². The lowest BCUT2D eigenvalue weighted by Crippen LogP contribution is -2.47. The molecule has 1 heterocycles. The van der Waals surface area contributed by atoms with E-state index in [2.05, 4.69) is 10.2 Å². The Morgan fingerprint density at radius 1 is 1.20 bits per heavy atom. The van der Waals surface area contributed by atoms with Crippen LogP contribution >= 0.6 is 0 Å². The molecule has 1 aliphatic heterocycles. The third-order valence-electron chi connectivity index (χ3n) is 4.06. The van der Waals surface area contributed by atoms with E-state index in [9.17, 15) is 19.4 Å². The molecule has 7 heteroatoms. The number of carbonyl (C=O) groups is 1. The Kier molecular flexibility index (Phi) is 5.04. The molecule has 1 atom stereocenters. The molecular weight excluding hydrogens is 327 g/mol. The Balaban J connectivity index is 1.56. The number of nitrogens with zero attached hydrogens (tertiary/aromatic N) is 1. The Hall–Kier alpha value is -2.80. The molecule has 132 valence electrons. The van der Waals surface area contributed by atoms with Crippen LogP contribution in [-0.2, 0) is 4.74 Å². The fraction of sp³-hybridized carbons (Fsp3) is 0.278. The summed E-state index contributed by atoms with van der Waals surface area (Å²) in [4.78, 5) is 14.2. The van der Waals surface area contributed by atoms with E-state index in [0.717, 1.165) is 5.69 Å². The van der Waals surface area contributed by atoms with Crippen molar-refractivity contribution in [2.75, 3.05) is 31.1 Å². The second-order valence-corrected chi connectivity index (χ2v) is 5.83. The number of hydrogen-bond donors (Lipinski definition) is 3. The maximum Gasteiger partial charge on any atom is 0.251 e. The van der Waals surface area contributed by atoms with Crippen LogP contribution in [0, 0.1) is 5.82 Å². The van der Waals surface area contributed by atoms with Gasteiger partial charge in [0.2, 0.25) is 0 Å². The monoisotopic (exact) mass is 346 g/mol. The van der Waals surface area contributed by atoms with Crippen LogP contribution in [-0.4, -0.2) is 48.5 Å². The fourth-order valence-corrected chi connectivity index (χ4v) is 2.70. The summed E-state index contributed by atoms with van der Waals surface area (Å²) < 4.78 is 18.7. The third-order valence-corrected chi connectivity index (χ3v) is 4.06. The molecule has 1 fully saturated rings. The first-order valence-electron chi connectivity index (χ1n) is 7.95. The van der Waals surface area contributed by atoms with Crippen molar-refractivity contribution in [2.45, 2.75) is 6.10 Å². The Morgan fingerprint density at radius 2 is 1.96 bits per heavy atom. The molecule has 1 saturated heterocycles. The van der Waals surface area contributed by atoms with Crippen LogP contribution < -0.4 is 10.2 Å². The zero-order chi connectivity index (χ0) is 17.8. The molecule has 1 amide bonds. The van der Waals surface area contributed by atoms with E-state index in [0.29, 0.717) is 26.2 Å². The van der Waals surface area contributed by atoms with E-state index in [4.69, 9.17) is 4.74 Å². The molecule has 6 nitrogen and oxygen atoms in total. The van der Waals surface area contributed by atoms with Crippen molar-refractivity contribution in [3.63, 3.8) is 0 Å². The number of rotatable bonds is 4. The van der Waals surface area contributed by atoms with E-state index in [-0.39, 0.29) is 34.9 Å². The highest BCUT2D eigenvalue weighted by atomic mass is 19.1. The summed E-state index contributed by atoms with van der Waals surface area (Å²) in [6.45, 7) is 2.09. The van der Waals surface area contributed by atoms with Crippen molar-refractivity contribution in [1.82, 2.24) is 5.32 Å². The van der Waals surface area contributed by atoms with Crippen LogP contribution in [0.1, 0.15) is 10.4 Å². The van der Waals surface area contributed by atoms with Crippen molar-refractivity contribution in [1.29, 1.82) is 0 Å². The van der Waals surface area contributed by atoms with Crippen molar-refractivity contribution in [3.8, 4) is 11.5 Å². The number of nitrogens with one attached hydrogen (secondary N) is 1. The van der Waals surface area contributed by atoms with Gasteiger partial charge < -0.3 is 25.2 Å². The van der Waals surface area contributed by atoms with E-state index in [1.54, 1.807) is 12.1 Å². The molecule has 0 aliphatic carbocycles. The van der Waals surface area contributed by atoms with Crippen molar-refractivity contribution in [2.24, 2.45) is 0 Å². The van der Waals surface area contributed by atoms with Gasteiger partial charge >= 0.3 is 0 Å². The molecular formula is C18H19FN2O4. The smallest absolute Gasteiger partial charge is 0.251 e. The lowest BCUT2D eigenvalue weighted by atomic mass is 10.1. The largest absolute Gasteiger partial charge is 0.504 e. The predicted octanol–water partition coefficient (Wildman–Crippen LogP) is 1.87. The average molecular weight is 346 g/mol. The van der Waals surface area contributed by atoms with Gasteiger partial charge in [0.15, 0.2) is 11.5 Å². The molecule has 2 aromatic rings. The van der Waals surface area contributed by atoms with Crippen LogP contribution in [0.2, 0.25) is 0 Å². The number of anilines is 1. The zero-order valence-corrected chi connectivity index (χ0v) is 13.5. The van der Waals surface area contributed by atoms with E-state index >= 15 is 0 Å². The van der Waals surface area contributed by atoms with Crippen LogP contribution in [0.3, 0.4) is 0 Å². The molecule has 3 rings (SSSR count). The number of ether oxygens (including phenoxy) is 1. The zero-order valence-electron chi connectivity index (χ0n) is 13.5. The van der Waals surface area contributed by atoms with Crippen molar-refractivity contribution in [3.05, 3.63) is 53.8 Å². The van der Waals surface area contributed by atoms with Crippen LogP contribution in [0.15, 0.2) is 42.5 Å². The van der Waals surface area contributed by atoms with Gasteiger partial charge in [-0.1, -0.05) is 0 Å². The standard InChI is InChI=1S/C18H19FN2O4/c19-13-2-4-14(5-3-13)21-7-8-25-15(11-21)10-20-18(24)12-1-6-16(22)17(23)9-12/h1-6,9,15,22-23H,7-8,10-11H2,(H,20,24). The number of halogens is 1. The molecule has 0 saturated carbocycles. The minimum atomic E-state index is -0.363. The molecule has 2 aromatic carbocycles. The SMILES string of the molecule is O=C(NCC1CN(c2ccc(F)cc2)CCO1)c1ccc(O)c(O)c1. The number of aromatic hydroxyl groups is 2. The summed E-state index contributed by atoms with van der Waals surface area (Å²) >= 11 is 0. The van der Waals surface area contributed by atoms with Crippen molar-refractivity contribution >= 4 is 11.6 Å². The molecule has 1 aliphatic rings. The first-order chi connectivity index (χ1) is 12.0. The van der Waals surface area contributed by atoms with Crippen molar-refractivity contribution < 1.29 is 24.1 Å². The molecule has 0 aromatic heterocycles. The lowest BCUT2D eigenvalue weighted by molar-refractivity contribution is 0.0397. The number of phenols is 2. The number of benzene rings is 2. The third kappa shape index (κ3) is 4.19. The Morgan fingerprint density at radius 3 is 2.68 bits per heavy atom. The molecule has 25 heavy (non-hydrogen) atoms. The van der Waals surface area contributed by atoms with Gasteiger partial charge in [0.1, 0.15) is 5.82 Å². The highest BCUT2D eigenvalue weighted by molar-refractivity contribution is 5.94. The van der Waals surface area contributed by atoms with Crippen LogP contribution in [0.25, 0.3) is 0 Å². The normalized spacial score (nSPS) is 17.3. The molecule has 0 bridgehead atoms. The number of hydrogen-bond acceptors (Lipinski definition) is 5. The maximum absolute atomic E-state index is 13.0. The number of amides is 1. The maximum atomic E-state index is 13.0. The Bertz CT molecular complexity index is 751. The first kappa shape index (κ1) is 17.0. The highest BCUT2D eigenvalue weighted by Crippen LogP contribution is 2.24. The average Bonchev–Trinajstić information content (AvgIpc) is 2.63. The predicted molar refractivity (Wildman–Crippen MR) is 90.5 cm³/mol. The number of carbonyl (C=O) groups excluding carboxylic acids is 1. The summed E-state index contributed by atoms with van der Waals surface area (Å²) in [5.41, 5.74) is 1.16. The first-order valence-corrected chi connectivity index (χ1v) is 7.95. The second kappa shape index (κ2) is 7.40. The van der Waals surface area contributed by atoms with Gasteiger partial charge in [0.25, 0.3) is 5.91 Å². The quantitative estimate of drug-likeness (QED) is 0.737. The van der Waals surface area contributed by atoms with E-state index in [1.807, 2.05) is 0 Å². The lowest BCUT2D eigenvalue weighted by Gasteiger charge is -2.34. The molecule has 0 spiro atoms. The summed E-state index contributed by atoms with van der Waals surface area (Å²) in [7, 11) is 0. The number of morpholine rings is 1. The topological polar surface area (TPSA) is 82.0 Å². The molecule has 3 N–H and O–H groups in total. The number of phenolic OH excluding ortho intramolecular Hbond substituents is 2. The van der Waals surface area contributed by atoms with Gasteiger partial charge in [-0.25, -0.2) is 4.39 Å². The molecule has 1 unspecified atom stereocenters. The summed E-state index contributed by atoms with van der Waals surface area (Å²) in [6.07, 6.45) is -0.200. The molecule has 0 radical (unpaired) electrons. The summed E-state index contributed by atoms with van der Waals surface area (Å²) in [5, 5.41) is 21.5. The van der Waals surface area contributed by atoms with Gasteiger partial charge in [-0.05, 0) is 42.5 Å². The minimum absolute atomic E-state index is 0.200. The highest BCUT2D eigenvalue weighted by Gasteiger charge is 2.21. The second-order valence-electron chi connectivity index (χ2n) is 5.83. The summed E-state index contributed by atoms with van der Waals surface area (Å²) in [6, 6.07) is 10.2. The van der Waals surface area contributed by atoms with Gasteiger partial charge in [0, 0.05) is 30.9 Å². The minimum Gasteiger partial charge on any atom is -0.504 e. The van der Waals surface area contributed by atoms with Gasteiger partial charge in [-0.2, -0.15) is 0 Å². The van der Waals surface area contributed by atoms with E-state index in [1.165, 1.54) is 30.3 Å². The van der Waals surface area contributed by atoms with E-state index < -0.39 is 0 Å². The van der Waals surface area contributed by atoms with Gasteiger partial charge in [-0.15, -0.1) is 0 Å². The fourth-order valence-electron chi connectivity index (χ4n) is 2.70. The summed E-state index contributed by atoms with van der Waals surface area (Å²) in [5.74, 6) is -1.26. The van der Waals surface area contributed by atoms with Gasteiger partial charge in [0.05, 0.1) is 12.7 Å². The van der Waals surface area contributed by atoms with Gasteiger partial charge in [-0.3, -0.25) is 4.79 Å².